The topological polar surface area (TPSA) is 57.0 Å². The van der Waals surface area contributed by atoms with Gasteiger partial charge >= 0.3 is 11.9 Å². The molecule has 0 saturated carbocycles. The van der Waals surface area contributed by atoms with Gasteiger partial charge < -0.3 is 9.47 Å². The Labute approximate surface area is 174 Å². The van der Waals surface area contributed by atoms with E-state index in [9.17, 15) is 9.59 Å². The molecule has 0 atom stereocenters. The zero-order chi connectivity index (χ0) is 20.7. The molecule has 1 aromatic carbocycles. The fourth-order valence-electron chi connectivity index (χ4n) is 2.30. The highest BCUT2D eigenvalue weighted by molar-refractivity contribution is 8.24. The average Bonchev–Trinajstić information content (AvgIpc) is 3.06. The third-order valence-electron chi connectivity index (χ3n) is 3.90. The van der Waals surface area contributed by atoms with Crippen LogP contribution < -0.4 is 0 Å². The van der Waals surface area contributed by atoms with Gasteiger partial charge in [0.2, 0.25) is 0 Å². The van der Waals surface area contributed by atoms with Gasteiger partial charge in [0, 0.05) is 15.9 Å². The van der Waals surface area contributed by atoms with Crippen molar-refractivity contribution in [2.45, 2.75) is 48.8 Å². The second kappa shape index (κ2) is 9.85. The average molecular weight is 418 g/mol. The molecule has 2 rings (SSSR count). The molecular weight excluding hydrogens is 394 g/mol. The molecule has 0 bridgehead atoms. The number of carbonyl (C=O) groups is 2. The van der Waals surface area contributed by atoms with Crippen molar-refractivity contribution in [3.05, 3.63) is 57.8 Å². The Bertz CT molecular complexity index is 847. The first-order valence-corrected chi connectivity index (χ1v) is 10.5. The van der Waals surface area contributed by atoms with Crippen LogP contribution in [0.5, 0.6) is 0 Å². The molecule has 0 aromatic heterocycles. The zero-order valence-electron chi connectivity index (χ0n) is 16.2. The number of thioether (sulfide) groups is 2. The summed E-state index contributed by atoms with van der Waals surface area (Å²) in [4.78, 5) is 28.7. The predicted molar refractivity (Wildman–Crippen MR) is 112 cm³/mol. The summed E-state index contributed by atoms with van der Waals surface area (Å²) in [5, 5.41) is 0. The lowest BCUT2D eigenvalue weighted by Gasteiger charge is -2.19. The second-order valence-corrected chi connectivity index (χ2v) is 9.44. The van der Waals surface area contributed by atoms with Crippen LogP contribution in [0.15, 0.2) is 50.6 Å². The van der Waals surface area contributed by atoms with Crippen molar-refractivity contribution in [3.8, 4) is 0 Å². The molecule has 148 valence electrons. The monoisotopic (exact) mass is 417 g/mol. The molecule has 0 unspecified atom stereocenters. The molecule has 1 aliphatic heterocycles. The Morgan fingerprint density at radius 2 is 1.79 bits per heavy atom. The van der Waals surface area contributed by atoms with E-state index in [1.165, 1.54) is 29.1 Å². The van der Waals surface area contributed by atoms with Crippen LogP contribution in [0, 0.1) is 6.57 Å². The molecule has 0 saturated heterocycles. The molecule has 0 spiro atoms. The highest BCUT2D eigenvalue weighted by Gasteiger charge is 2.27. The van der Waals surface area contributed by atoms with Crippen molar-refractivity contribution < 1.29 is 19.1 Å². The van der Waals surface area contributed by atoms with Gasteiger partial charge in [-0.05, 0) is 36.0 Å². The minimum absolute atomic E-state index is 0.0154. The summed E-state index contributed by atoms with van der Waals surface area (Å²) in [6.07, 6.45) is 2.22. The molecule has 7 heteroatoms. The molecule has 0 aliphatic carbocycles. The van der Waals surface area contributed by atoms with Crippen LogP contribution in [0.3, 0.4) is 0 Å². The first kappa shape index (κ1) is 22.1. The van der Waals surface area contributed by atoms with E-state index in [2.05, 4.69) is 44.3 Å². The molecule has 0 radical (unpaired) electrons. The van der Waals surface area contributed by atoms with Gasteiger partial charge in [-0.25, -0.2) is 9.64 Å². The number of esters is 2. The summed E-state index contributed by atoms with van der Waals surface area (Å²) in [5.41, 5.74) is 1.26. The van der Waals surface area contributed by atoms with Crippen LogP contribution in [-0.2, 0) is 24.5 Å². The second-order valence-electron chi connectivity index (χ2n) is 7.08. The number of ether oxygens (including phenoxy) is 2. The van der Waals surface area contributed by atoms with Gasteiger partial charge in [-0.1, -0.05) is 56.9 Å². The van der Waals surface area contributed by atoms with Crippen LogP contribution in [-0.4, -0.2) is 25.2 Å². The Balaban J connectivity index is 1.94. The normalized spacial score (nSPS) is 14.6. The Hall–Kier alpha value is -2.17. The van der Waals surface area contributed by atoms with Gasteiger partial charge in [-0.15, -0.1) is 0 Å². The van der Waals surface area contributed by atoms with E-state index in [-0.39, 0.29) is 24.3 Å². The number of nitrogens with zero attached hydrogens (tertiary/aromatic N) is 1. The van der Waals surface area contributed by atoms with Crippen molar-refractivity contribution in [2.24, 2.45) is 0 Å². The maximum atomic E-state index is 12.3. The minimum atomic E-state index is -0.614. The van der Waals surface area contributed by atoms with Crippen LogP contribution in [0.2, 0.25) is 0 Å². The fourth-order valence-corrected chi connectivity index (χ4v) is 4.76. The summed E-state index contributed by atoms with van der Waals surface area (Å²) in [6.45, 7) is 17.6. The van der Waals surface area contributed by atoms with Crippen molar-refractivity contribution >= 4 is 35.5 Å². The molecule has 0 amide bonds. The lowest BCUT2D eigenvalue weighted by Crippen LogP contribution is -2.10. The number of benzene rings is 1. The summed E-state index contributed by atoms with van der Waals surface area (Å²) >= 11 is 2.87. The van der Waals surface area contributed by atoms with Gasteiger partial charge in [-0.2, -0.15) is 0 Å². The highest BCUT2D eigenvalue weighted by Crippen LogP contribution is 2.53. The summed E-state index contributed by atoms with van der Waals surface area (Å²) in [6, 6.07) is 6.25. The van der Waals surface area contributed by atoms with E-state index in [0.717, 1.165) is 15.9 Å². The number of hydrogen-bond acceptors (Lipinski definition) is 6. The smallest absolute Gasteiger partial charge is 0.338 e. The Kier molecular flexibility index (Phi) is 7.78. The number of rotatable bonds is 7. The maximum absolute atomic E-state index is 12.3. The summed E-state index contributed by atoms with van der Waals surface area (Å²) < 4.78 is 10.7. The van der Waals surface area contributed by atoms with Gasteiger partial charge in [-0.3, -0.25) is 4.79 Å². The Morgan fingerprint density at radius 1 is 1.14 bits per heavy atom. The van der Waals surface area contributed by atoms with E-state index < -0.39 is 11.9 Å². The molecule has 1 heterocycles. The van der Waals surface area contributed by atoms with Crippen molar-refractivity contribution in [1.82, 2.24) is 0 Å². The number of fused-ring (bicyclic) bond motifs is 1. The van der Waals surface area contributed by atoms with Gasteiger partial charge in [0.1, 0.15) is 0 Å². The van der Waals surface area contributed by atoms with Crippen molar-refractivity contribution in [1.29, 1.82) is 0 Å². The van der Waals surface area contributed by atoms with E-state index in [1.54, 1.807) is 0 Å². The van der Waals surface area contributed by atoms with Crippen molar-refractivity contribution in [3.63, 3.8) is 0 Å². The van der Waals surface area contributed by atoms with Gasteiger partial charge in [0.05, 0.1) is 24.0 Å². The molecule has 1 aromatic rings. The van der Waals surface area contributed by atoms with E-state index in [4.69, 9.17) is 16.0 Å². The minimum Gasteiger partial charge on any atom is -0.471 e. The van der Waals surface area contributed by atoms with Gasteiger partial charge in [0.15, 0.2) is 0 Å². The lowest BCUT2D eigenvalue weighted by molar-refractivity contribution is -0.140. The first-order chi connectivity index (χ1) is 13.3. The maximum Gasteiger partial charge on any atom is 0.338 e. The highest BCUT2D eigenvalue weighted by atomic mass is 32.2. The number of unbranched alkanes of at least 4 members (excludes halogenated alkanes) is 1. The summed E-state index contributed by atoms with van der Waals surface area (Å²) in [7, 11) is 0. The van der Waals surface area contributed by atoms with Crippen molar-refractivity contribution in [2.75, 3.05) is 13.2 Å². The van der Waals surface area contributed by atoms with Gasteiger partial charge in [0.25, 0.3) is 5.70 Å². The molecular formula is C21H23NO4S2. The Morgan fingerprint density at radius 3 is 2.39 bits per heavy atom. The number of hydrogen-bond donors (Lipinski definition) is 0. The molecule has 0 fully saturated rings. The van der Waals surface area contributed by atoms with Crippen LogP contribution in [0.25, 0.3) is 4.85 Å². The summed E-state index contributed by atoms with van der Waals surface area (Å²) in [5.74, 6) is -1.08. The van der Waals surface area contributed by atoms with E-state index >= 15 is 0 Å². The SMILES string of the molecule is [C-]#[N+]/C(C(=O)OCCCCOC(=O)C=C)=C1\Sc2ccc(C(C)(C)C)cc2S1. The molecule has 5 nitrogen and oxygen atoms in total. The standard InChI is InChI=1S/C21H23NO4S2/c1-6-17(23)25-11-7-8-12-26-19(24)18(22-5)20-27-15-10-9-14(21(2,3)4)13-16(15)28-20/h6,9-10,13H,1,7-8,11-12H2,2-4H3/b20-18+. The van der Waals surface area contributed by atoms with E-state index in [0.29, 0.717) is 17.1 Å². The lowest BCUT2D eigenvalue weighted by atomic mass is 9.87. The largest absolute Gasteiger partial charge is 0.471 e. The first-order valence-electron chi connectivity index (χ1n) is 8.84. The fraction of sp³-hybridized carbons (Fsp3) is 0.381. The third kappa shape index (κ3) is 5.91. The molecule has 1 aliphatic rings. The van der Waals surface area contributed by atoms with Crippen LogP contribution >= 0.6 is 23.5 Å². The zero-order valence-corrected chi connectivity index (χ0v) is 17.9. The third-order valence-corrected chi connectivity index (χ3v) is 6.42. The molecule has 0 N–H and O–H groups in total. The quantitative estimate of drug-likeness (QED) is 0.259. The predicted octanol–water partition coefficient (Wildman–Crippen LogP) is 5.32. The number of carbonyl (C=O) groups excluding carboxylic acids is 2. The van der Waals surface area contributed by atoms with Crippen LogP contribution in [0.1, 0.15) is 39.2 Å². The van der Waals surface area contributed by atoms with Crippen LogP contribution in [0.4, 0.5) is 0 Å². The van der Waals surface area contributed by atoms with E-state index in [1.807, 2.05) is 6.07 Å². The molecule has 28 heavy (non-hydrogen) atoms.